The summed E-state index contributed by atoms with van der Waals surface area (Å²) in [4.78, 5) is 43.9. The molecule has 3 aromatic heterocycles. The zero-order valence-corrected chi connectivity index (χ0v) is 23.7. The van der Waals surface area contributed by atoms with E-state index in [1.807, 2.05) is 18.7 Å². The fourth-order valence-corrected chi connectivity index (χ4v) is 6.22. The van der Waals surface area contributed by atoms with Gasteiger partial charge in [-0.3, -0.25) is 9.78 Å². The van der Waals surface area contributed by atoms with Gasteiger partial charge in [-0.2, -0.15) is 4.98 Å². The smallest absolute Gasteiger partial charge is 0.356 e. The molecule has 0 radical (unpaired) electrons. The number of ether oxygens (including phenoxy) is 1. The molecule has 3 aliphatic rings. The summed E-state index contributed by atoms with van der Waals surface area (Å²) in [6.45, 7) is 8.72. The maximum absolute atomic E-state index is 16.1. The van der Waals surface area contributed by atoms with Crippen molar-refractivity contribution in [2.24, 2.45) is 0 Å². The van der Waals surface area contributed by atoms with Gasteiger partial charge in [-0.25, -0.2) is 23.1 Å². The fraction of sp³-hybridized carbons (Fsp3) is 0.323. The number of benzene rings is 1. The number of hydrogen-bond donors (Lipinski definition) is 1. The molecule has 5 heterocycles. The number of carbonyl (C=O) groups is 1. The summed E-state index contributed by atoms with van der Waals surface area (Å²) in [6, 6.07) is 7.20. The van der Waals surface area contributed by atoms with Gasteiger partial charge in [-0.15, -0.1) is 0 Å². The second kappa shape index (κ2) is 10.1. The molecule has 10 nitrogen and oxygen atoms in total. The van der Waals surface area contributed by atoms with E-state index in [-0.39, 0.29) is 65.2 Å². The minimum atomic E-state index is -0.759. The zero-order chi connectivity index (χ0) is 30.0. The van der Waals surface area contributed by atoms with Crippen molar-refractivity contribution < 1.29 is 18.3 Å². The molecule has 1 aliphatic carbocycles. The number of fused-ring (bicyclic) bond motifs is 6. The molecule has 220 valence electrons. The lowest BCUT2D eigenvalue weighted by atomic mass is 10.1. The largest absolute Gasteiger partial charge is 0.489 e. The Morgan fingerprint density at radius 3 is 2.79 bits per heavy atom. The van der Waals surface area contributed by atoms with Gasteiger partial charge >= 0.3 is 5.69 Å². The van der Waals surface area contributed by atoms with Crippen LogP contribution in [0.2, 0.25) is 0 Å². The van der Waals surface area contributed by atoms with E-state index in [0.29, 0.717) is 42.3 Å². The van der Waals surface area contributed by atoms with Crippen LogP contribution in [-0.2, 0) is 4.79 Å². The lowest BCUT2D eigenvalue weighted by Crippen LogP contribution is -2.49. The number of pyridine rings is 2. The van der Waals surface area contributed by atoms with E-state index >= 15 is 8.78 Å². The Labute approximate surface area is 245 Å². The molecule has 4 aromatic rings. The van der Waals surface area contributed by atoms with Crippen molar-refractivity contribution in [1.82, 2.24) is 24.4 Å². The number of hydrogen-bond acceptors (Lipinski definition) is 8. The van der Waals surface area contributed by atoms with Crippen LogP contribution in [0, 0.1) is 11.6 Å². The molecular formula is C31H29F2N7O3. The highest BCUT2D eigenvalue weighted by atomic mass is 19.1. The molecule has 1 unspecified atom stereocenters. The summed E-state index contributed by atoms with van der Waals surface area (Å²) in [5.41, 5.74) is 0.437. The summed E-state index contributed by atoms with van der Waals surface area (Å²) < 4.78 is 38.9. The first-order valence-corrected chi connectivity index (χ1v) is 14.3. The van der Waals surface area contributed by atoms with Gasteiger partial charge in [0.25, 0.3) is 0 Å². The van der Waals surface area contributed by atoms with Gasteiger partial charge in [0.05, 0.1) is 28.7 Å². The predicted octanol–water partition coefficient (Wildman–Crippen LogP) is 4.02. The molecular weight excluding hydrogens is 556 g/mol. The zero-order valence-electron chi connectivity index (χ0n) is 23.7. The van der Waals surface area contributed by atoms with Gasteiger partial charge in [0.1, 0.15) is 35.4 Å². The molecule has 1 saturated carbocycles. The Bertz CT molecular complexity index is 1870. The lowest BCUT2D eigenvalue weighted by molar-refractivity contribution is -0.126. The second-order valence-corrected chi connectivity index (χ2v) is 11.2. The summed E-state index contributed by atoms with van der Waals surface area (Å²) in [6.07, 6.45) is 3.59. The second-order valence-electron chi connectivity index (χ2n) is 11.2. The van der Waals surface area contributed by atoms with Crippen LogP contribution in [0.25, 0.3) is 28.0 Å². The average molecular weight is 586 g/mol. The van der Waals surface area contributed by atoms with E-state index < -0.39 is 17.3 Å². The molecule has 2 fully saturated rings. The summed E-state index contributed by atoms with van der Waals surface area (Å²) >= 11 is 0. The number of amides is 1. The van der Waals surface area contributed by atoms with Crippen LogP contribution < -0.4 is 20.6 Å². The fourth-order valence-electron chi connectivity index (χ4n) is 6.22. The van der Waals surface area contributed by atoms with Crippen LogP contribution in [0.3, 0.4) is 0 Å². The van der Waals surface area contributed by atoms with Crippen LogP contribution in [-0.4, -0.2) is 68.7 Å². The standard InChI is InChI=1S/C31H29F2N7O3/c1-4-24(41)38-11-12-39(22-15-21(22)38)29-17-14-19(33)27-25-18(32)6-5-7-20(25)34-10-13-43-23-8-9-35-26(16(2)3)28(23)40(30(17)36-27)31(42)37-29/h4-9,14,16,21-22,34H,1,10-13,15H2,2-3H3/t21-,22?/m1/s1. The van der Waals surface area contributed by atoms with Crippen molar-refractivity contribution in [3.8, 4) is 22.7 Å². The number of anilines is 2. The number of aromatic nitrogens is 4. The number of rotatable bonds is 3. The number of halogens is 2. The number of piperazine rings is 1. The van der Waals surface area contributed by atoms with Gasteiger partial charge in [0, 0.05) is 37.6 Å². The quantitative estimate of drug-likeness (QED) is 0.360. The molecule has 1 aromatic carbocycles. The van der Waals surface area contributed by atoms with Gasteiger partial charge < -0.3 is 19.9 Å². The van der Waals surface area contributed by atoms with Crippen molar-refractivity contribution in [2.45, 2.75) is 38.3 Å². The van der Waals surface area contributed by atoms with E-state index in [1.54, 1.807) is 23.2 Å². The Kier molecular flexibility index (Phi) is 6.37. The number of nitrogens with zero attached hydrogens (tertiary/aromatic N) is 6. The van der Waals surface area contributed by atoms with E-state index in [1.165, 1.54) is 28.8 Å². The third-order valence-corrected chi connectivity index (χ3v) is 8.25. The Morgan fingerprint density at radius 1 is 1.16 bits per heavy atom. The van der Waals surface area contributed by atoms with Crippen molar-refractivity contribution in [3.63, 3.8) is 0 Å². The molecule has 2 bridgehead atoms. The van der Waals surface area contributed by atoms with Crippen molar-refractivity contribution in [2.75, 3.05) is 36.5 Å². The van der Waals surface area contributed by atoms with E-state index in [2.05, 4.69) is 26.8 Å². The molecule has 7 rings (SSSR count). The lowest BCUT2D eigenvalue weighted by Gasteiger charge is -2.35. The molecule has 1 N–H and O–H groups in total. The highest BCUT2D eigenvalue weighted by Gasteiger charge is 2.51. The Balaban J connectivity index is 1.53. The highest BCUT2D eigenvalue weighted by molar-refractivity contribution is 5.93. The minimum absolute atomic E-state index is 0.0471. The Hall–Kier alpha value is -4.87. The van der Waals surface area contributed by atoms with Crippen LogP contribution in [0.1, 0.15) is 31.9 Å². The van der Waals surface area contributed by atoms with Crippen molar-refractivity contribution in [3.05, 3.63) is 77.0 Å². The van der Waals surface area contributed by atoms with E-state index in [0.717, 1.165) is 0 Å². The first-order chi connectivity index (χ1) is 20.8. The van der Waals surface area contributed by atoms with Gasteiger partial charge in [-0.05, 0) is 36.6 Å². The highest BCUT2D eigenvalue weighted by Crippen LogP contribution is 2.42. The third-order valence-electron chi connectivity index (χ3n) is 8.25. The first-order valence-electron chi connectivity index (χ1n) is 14.3. The molecule has 1 saturated heterocycles. The monoisotopic (exact) mass is 585 g/mol. The third kappa shape index (κ3) is 4.31. The van der Waals surface area contributed by atoms with E-state index in [9.17, 15) is 9.59 Å². The molecule has 12 heteroatoms. The van der Waals surface area contributed by atoms with Crippen molar-refractivity contribution >= 4 is 28.4 Å². The number of nitrogens with one attached hydrogen (secondary N) is 1. The van der Waals surface area contributed by atoms with Crippen LogP contribution in [0.4, 0.5) is 20.3 Å². The summed E-state index contributed by atoms with van der Waals surface area (Å²) in [5, 5.41) is 3.42. The molecule has 2 aliphatic heterocycles. The normalized spacial score (nSPS) is 19.0. The number of carbonyl (C=O) groups excluding carboxylic acids is 1. The van der Waals surface area contributed by atoms with Crippen LogP contribution >= 0.6 is 0 Å². The average Bonchev–Trinajstić information content (AvgIpc) is 3.79. The van der Waals surface area contributed by atoms with Gasteiger partial charge in [0.15, 0.2) is 11.5 Å². The van der Waals surface area contributed by atoms with Crippen LogP contribution in [0.5, 0.6) is 5.75 Å². The maximum Gasteiger partial charge on any atom is 0.356 e. The molecule has 0 spiro atoms. The van der Waals surface area contributed by atoms with Crippen molar-refractivity contribution in [1.29, 1.82) is 0 Å². The van der Waals surface area contributed by atoms with Crippen LogP contribution in [0.15, 0.2) is 54.0 Å². The predicted molar refractivity (Wildman–Crippen MR) is 158 cm³/mol. The summed E-state index contributed by atoms with van der Waals surface area (Å²) in [5.74, 6) is -1.03. The van der Waals surface area contributed by atoms with Gasteiger partial charge in [-0.1, -0.05) is 26.5 Å². The molecule has 1 amide bonds. The first kappa shape index (κ1) is 27.0. The maximum atomic E-state index is 16.1. The SMILES string of the molecule is C=CC(=O)N1CCN(c2nc(=O)n3c4nc(c(F)cc24)-c2c(F)cccc2NCCOc2ccnc(C(C)C)c2-3)C2C[C@H]21. The topological polar surface area (TPSA) is 105 Å². The minimum Gasteiger partial charge on any atom is -0.489 e. The molecule has 43 heavy (non-hydrogen) atoms. The summed E-state index contributed by atoms with van der Waals surface area (Å²) in [7, 11) is 0. The van der Waals surface area contributed by atoms with E-state index in [4.69, 9.17) is 4.74 Å². The Morgan fingerprint density at radius 2 is 2.00 bits per heavy atom. The van der Waals surface area contributed by atoms with Gasteiger partial charge in [0.2, 0.25) is 5.91 Å². The molecule has 2 atom stereocenters.